The van der Waals surface area contributed by atoms with Gasteiger partial charge in [0.15, 0.2) is 0 Å². The van der Waals surface area contributed by atoms with Crippen molar-refractivity contribution in [3.05, 3.63) is 33.9 Å². The molecule has 2 rings (SSSR count). The molecule has 0 aliphatic carbocycles. The molecule has 7 nitrogen and oxygen atoms in total. The monoisotopic (exact) mass is 293 g/mol. The third-order valence-corrected chi connectivity index (χ3v) is 3.44. The third-order valence-electron chi connectivity index (χ3n) is 3.44. The van der Waals surface area contributed by atoms with Gasteiger partial charge in [-0.05, 0) is 19.1 Å². The highest BCUT2D eigenvalue weighted by Crippen LogP contribution is 2.21. The number of hydrogen-bond acceptors (Lipinski definition) is 5. The molecule has 0 aromatic heterocycles. The Labute approximate surface area is 123 Å². The molecular formula is C14H19N3O4. The molecule has 1 N–H and O–H groups in total. The number of nitro groups is 1. The molecule has 0 radical (unpaired) electrons. The van der Waals surface area contributed by atoms with Gasteiger partial charge >= 0.3 is 0 Å². The van der Waals surface area contributed by atoms with Gasteiger partial charge in [-0.25, -0.2) is 0 Å². The van der Waals surface area contributed by atoms with Gasteiger partial charge in [-0.3, -0.25) is 19.8 Å². The Morgan fingerprint density at radius 3 is 2.76 bits per heavy atom. The number of rotatable bonds is 5. The molecule has 1 aliphatic heterocycles. The number of nitrogens with one attached hydrogen (secondary N) is 1. The molecule has 1 fully saturated rings. The molecule has 21 heavy (non-hydrogen) atoms. The first kappa shape index (κ1) is 15.4. The van der Waals surface area contributed by atoms with Gasteiger partial charge in [0.2, 0.25) is 5.91 Å². The topological polar surface area (TPSA) is 84.7 Å². The van der Waals surface area contributed by atoms with Gasteiger partial charge in [-0.1, -0.05) is 0 Å². The first-order chi connectivity index (χ1) is 10.1. The first-order valence-electron chi connectivity index (χ1n) is 6.91. The maximum Gasteiger partial charge on any atom is 0.272 e. The SMILES string of the molecule is Cc1cc(NC(=O)CCN2CCOCC2)ccc1[N+](=O)[O-]. The summed E-state index contributed by atoms with van der Waals surface area (Å²) < 4.78 is 5.25. The van der Waals surface area contributed by atoms with Crippen molar-refractivity contribution in [3.8, 4) is 0 Å². The molecule has 1 saturated heterocycles. The van der Waals surface area contributed by atoms with E-state index in [0.717, 1.165) is 13.1 Å². The number of hydrogen-bond donors (Lipinski definition) is 1. The minimum absolute atomic E-state index is 0.0568. The van der Waals surface area contributed by atoms with Crippen molar-refractivity contribution >= 4 is 17.3 Å². The maximum absolute atomic E-state index is 11.9. The summed E-state index contributed by atoms with van der Waals surface area (Å²) in [6.45, 7) is 5.48. The molecule has 1 aromatic rings. The highest BCUT2D eigenvalue weighted by molar-refractivity contribution is 5.91. The van der Waals surface area contributed by atoms with Crippen LogP contribution in [-0.2, 0) is 9.53 Å². The number of nitro benzene ring substituents is 1. The summed E-state index contributed by atoms with van der Waals surface area (Å²) in [4.78, 5) is 24.4. The van der Waals surface area contributed by atoms with E-state index in [1.807, 2.05) is 0 Å². The Morgan fingerprint density at radius 2 is 2.14 bits per heavy atom. The third kappa shape index (κ3) is 4.51. The van der Waals surface area contributed by atoms with E-state index in [0.29, 0.717) is 37.4 Å². The van der Waals surface area contributed by atoms with Gasteiger partial charge in [0, 0.05) is 43.4 Å². The van der Waals surface area contributed by atoms with Gasteiger partial charge in [0.1, 0.15) is 0 Å². The average Bonchev–Trinajstić information content (AvgIpc) is 2.46. The van der Waals surface area contributed by atoms with E-state index in [9.17, 15) is 14.9 Å². The molecule has 7 heteroatoms. The molecule has 114 valence electrons. The molecule has 0 spiro atoms. The lowest BCUT2D eigenvalue weighted by molar-refractivity contribution is -0.385. The second kappa shape index (κ2) is 7.14. The van der Waals surface area contributed by atoms with Crippen molar-refractivity contribution < 1.29 is 14.5 Å². The van der Waals surface area contributed by atoms with Crippen LogP contribution in [0.3, 0.4) is 0 Å². The summed E-state index contributed by atoms with van der Waals surface area (Å²) in [7, 11) is 0. The molecule has 0 atom stereocenters. The molecular weight excluding hydrogens is 274 g/mol. The Balaban J connectivity index is 1.84. The van der Waals surface area contributed by atoms with E-state index in [2.05, 4.69) is 10.2 Å². The number of nitrogens with zero attached hydrogens (tertiary/aromatic N) is 2. The van der Waals surface area contributed by atoms with Gasteiger partial charge in [0.05, 0.1) is 18.1 Å². The Bertz CT molecular complexity index is 527. The molecule has 0 bridgehead atoms. The van der Waals surface area contributed by atoms with Crippen molar-refractivity contribution in [3.63, 3.8) is 0 Å². The summed E-state index contributed by atoms with van der Waals surface area (Å²) in [6, 6.07) is 4.58. The summed E-state index contributed by atoms with van der Waals surface area (Å²) in [5, 5.41) is 13.5. The minimum Gasteiger partial charge on any atom is -0.379 e. The number of carbonyl (C=O) groups excluding carboxylic acids is 1. The lowest BCUT2D eigenvalue weighted by Gasteiger charge is -2.26. The number of amides is 1. The van der Waals surface area contributed by atoms with Crippen LogP contribution < -0.4 is 5.32 Å². The van der Waals surface area contributed by atoms with Crippen molar-refractivity contribution in [2.45, 2.75) is 13.3 Å². The number of aryl methyl sites for hydroxylation is 1. The van der Waals surface area contributed by atoms with E-state index in [1.165, 1.54) is 6.07 Å². The molecule has 1 aromatic carbocycles. The number of anilines is 1. The van der Waals surface area contributed by atoms with Crippen molar-refractivity contribution in [1.82, 2.24) is 4.90 Å². The fourth-order valence-electron chi connectivity index (χ4n) is 2.25. The lowest BCUT2D eigenvalue weighted by atomic mass is 10.2. The van der Waals surface area contributed by atoms with Crippen LogP contribution in [0.5, 0.6) is 0 Å². The lowest BCUT2D eigenvalue weighted by Crippen LogP contribution is -2.38. The first-order valence-corrected chi connectivity index (χ1v) is 6.91. The zero-order chi connectivity index (χ0) is 15.2. The molecule has 0 unspecified atom stereocenters. The van der Waals surface area contributed by atoms with Crippen LogP contribution in [0.2, 0.25) is 0 Å². The Kier molecular flexibility index (Phi) is 5.24. The van der Waals surface area contributed by atoms with Crippen LogP contribution in [0.4, 0.5) is 11.4 Å². The maximum atomic E-state index is 11.9. The van der Waals surface area contributed by atoms with E-state index in [4.69, 9.17) is 4.74 Å². The molecule has 1 amide bonds. The van der Waals surface area contributed by atoms with Gasteiger partial charge in [-0.2, -0.15) is 0 Å². The minimum atomic E-state index is -0.431. The standard InChI is InChI=1S/C14H19N3O4/c1-11-10-12(2-3-13(11)17(19)20)15-14(18)4-5-16-6-8-21-9-7-16/h2-3,10H,4-9H2,1H3,(H,15,18). The van der Waals surface area contributed by atoms with Gasteiger partial charge in [0.25, 0.3) is 5.69 Å². The zero-order valence-corrected chi connectivity index (χ0v) is 12.0. The summed E-state index contributed by atoms with van der Waals surface area (Å²) >= 11 is 0. The molecule has 0 saturated carbocycles. The van der Waals surface area contributed by atoms with E-state index >= 15 is 0 Å². The number of ether oxygens (including phenoxy) is 1. The fraction of sp³-hybridized carbons (Fsp3) is 0.500. The van der Waals surface area contributed by atoms with E-state index in [-0.39, 0.29) is 11.6 Å². The second-order valence-electron chi connectivity index (χ2n) is 5.01. The van der Waals surface area contributed by atoms with Crippen LogP contribution >= 0.6 is 0 Å². The Morgan fingerprint density at radius 1 is 1.43 bits per heavy atom. The van der Waals surface area contributed by atoms with Crippen LogP contribution in [0.25, 0.3) is 0 Å². The van der Waals surface area contributed by atoms with Crippen molar-refractivity contribution in [1.29, 1.82) is 0 Å². The van der Waals surface area contributed by atoms with Crippen molar-refractivity contribution in [2.75, 3.05) is 38.2 Å². The smallest absolute Gasteiger partial charge is 0.272 e. The average molecular weight is 293 g/mol. The second-order valence-corrected chi connectivity index (χ2v) is 5.01. The summed E-state index contributed by atoms with van der Waals surface area (Å²) in [6.07, 6.45) is 0.399. The highest BCUT2D eigenvalue weighted by atomic mass is 16.6. The predicted molar refractivity (Wildman–Crippen MR) is 78.3 cm³/mol. The van der Waals surface area contributed by atoms with E-state index < -0.39 is 4.92 Å². The van der Waals surface area contributed by atoms with Crippen LogP contribution in [0, 0.1) is 17.0 Å². The predicted octanol–water partition coefficient (Wildman–Crippen LogP) is 1.56. The van der Waals surface area contributed by atoms with Crippen LogP contribution in [0.1, 0.15) is 12.0 Å². The Hall–Kier alpha value is -1.99. The quantitative estimate of drug-likeness (QED) is 0.658. The normalized spacial score (nSPS) is 15.7. The van der Waals surface area contributed by atoms with Crippen LogP contribution in [-0.4, -0.2) is 48.6 Å². The summed E-state index contributed by atoms with van der Waals surface area (Å²) in [5.41, 5.74) is 1.18. The van der Waals surface area contributed by atoms with Gasteiger partial charge in [-0.15, -0.1) is 0 Å². The number of morpholine rings is 1. The summed E-state index contributed by atoms with van der Waals surface area (Å²) in [5.74, 6) is -0.0882. The highest BCUT2D eigenvalue weighted by Gasteiger charge is 2.13. The fourth-order valence-corrected chi connectivity index (χ4v) is 2.25. The van der Waals surface area contributed by atoms with Crippen LogP contribution in [0.15, 0.2) is 18.2 Å². The largest absolute Gasteiger partial charge is 0.379 e. The molecule has 1 aliphatic rings. The zero-order valence-electron chi connectivity index (χ0n) is 12.0. The van der Waals surface area contributed by atoms with Gasteiger partial charge < -0.3 is 10.1 Å². The molecule has 1 heterocycles. The van der Waals surface area contributed by atoms with Crippen molar-refractivity contribution in [2.24, 2.45) is 0 Å². The number of carbonyl (C=O) groups is 1. The van der Waals surface area contributed by atoms with E-state index in [1.54, 1.807) is 19.1 Å². The number of benzene rings is 1.